The fraction of sp³-hybridized carbons (Fsp3) is 0.364. The third-order valence-corrected chi connectivity index (χ3v) is 4.23. The molecule has 4 heteroatoms. The van der Waals surface area contributed by atoms with E-state index in [0.717, 1.165) is 11.1 Å². The van der Waals surface area contributed by atoms with E-state index >= 15 is 0 Å². The molecule has 0 bridgehead atoms. The Morgan fingerprint density at radius 3 is 2.46 bits per heavy atom. The van der Waals surface area contributed by atoms with Gasteiger partial charge in [0.05, 0.1) is 6.61 Å². The lowest BCUT2D eigenvalue weighted by Crippen LogP contribution is -2.16. The summed E-state index contributed by atoms with van der Waals surface area (Å²) in [4.78, 5) is 24.2. The monoisotopic (exact) mass is 354 g/mol. The van der Waals surface area contributed by atoms with Crippen LogP contribution in [0.25, 0.3) is 0 Å². The van der Waals surface area contributed by atoms with Crippen molar-refractivity contribution in [1.29, 1.82) is 0 Å². The number of Topliss-reactive ketones (excluding diaryl/α,β-unsaturated/α-hetero) is 1. The van der Waals surface area contributed by atoms with Gasteiger partial charge in [-0.15, -0.1) is 0 Å². The smallest absolute Gasteiger partial charge is 0.303 e. The summed E-state index contributed by atoms with van der Waals surface area (Å²) in [5.74, 6) is -0.399. The van der Waals surface area contributed by atoms with Gasteiger partial charge in [0, 0.05) is 17.9 Å². The van der Waals surface area contributed by atoms with Crippen LogP contribution in [-0.4, -0.2) is 23.5 Å². The first-order valence-electron chi connectivity index (χ1n) is 8.93. The number of aryl methyl sites for hydroxylation is 1. The highest BCUT2D eigenvalue weighted by Crippen LogP contribution is 2.29. The fourth-order valence-corrected chi connectivity index (χ4v) is 2.88. The van der Waals surface area contributed by atoms with Gasteiger partial charge in [-0.3, -0.25) is 9.59 Å². The maximum absolute atomic E-state index is 13.2. The van der Waals surface area contributed by atoms with E-state index in [1.54, 1.807) is 18.2 Å². The predicted molar refractivity (Wildman–Crippen MR) is 102 cm³/mol. The molecule has 0 fully saturated rings. The van der Waals surface area contributed by atoms with Gasteiger partial charge in [0.1, 0.15) is 5.75 Å². The Hall–Kier alpha value is -2.62. The minimum atomic E-state index is -0.898. The Kier molecular flexibility index (Phi) is 6.96. The van der Waals surface area contributed by atoms with Gasteiger partial charge < -0.3 is 9.84 Å². The van der Waals surface area contributed by atoms with Crippen LogP contribution in [0.1, 0.15) is 54.1 Å². The molecule has 4 nitrogen and oxygen atoms in total. The largest absolute Gasteiger partial charge is 0.493 e. The van der Waals surface area contributed by atoms with Crippen LogP contribution < -0.4 is 4.74 Å². The van der Waals surface area contributed by atoms with Crippen molar-refractivity contribution < 1.29 is 19.4 Å². The number of carbonyl (C=O) groups excluding carboxylic acids is 1. The number of benzene rings is 2. The molecule has 0 aromatic heterocycles. The van der Waals surface area contributed by atoms with Crippen LogP contribution in [-0.2, 0) is 4.79 Å². The van der Waals surface area contributed by atoms with E-state index in [2.05, 4.69) is 13.8 Å². The second-order valence-electron chi connectivity index (χ2n) is 6.94. The number of hydrogen-bond donors (Lipinski definition) is 1. The lowest BCUT2D eigenvalue weighted by atomic mass is 9.85. The molecule has 2 rings (SSSR count). The number of carbonyl (C=O) groups is 2. The Labute approximate surface area is 154 Å². The summed E-state index contributed by atoms with van der Waals surface area (Å²) in [5.41, 5.74) is 2.42. The summed E-state index contributed by atoms with van der Waals surface area (Å²) in [6.07, 6.45) is 0.227. The zero-order chi connectivity index (χ0) is 19.1. The van der Waals surface area contributed by atoms with Gasteiger partial charge in [0.15, 0.2) is 5.78 Å². The van der Waals surface area contributed by atoms with Crippen molar-refractivity contribution in [2.75, 3.05) is 6.61 Å². The van der Waals surface area contributed by atoms with E-state index in [-0.39, 0.29) is 18.6 Å². The summed E-state index contributed by atoms with van der Waals surface area (Å²) in [6, 6.07) is 14.8. The van der Waals surface area contributed by atoms with E-state index in [0.29, 0.717) is 23.8 Å². The number of rotatable bonds is 9. The first-order valence-corrected chi connectivity index (χ1v) is 8.93. The Morgan fingerprint density at radius 1 is 1.08 bits per heavy atom. The summed E-state index contributed by atoms with van der Waals surface area (Å²) in [5, 5.41) is 9.07. The molecule has 2 aromatic rings. The number of ketones is 1. The highest BCUT2D eigenvalue weighted by molar-refractivity contribution is 6.01. The minimum absolute atomic E-state index is 0.0473. The van der Waals surface area contributed by atoms with Gasteiger partial charge in [0.25, 0.3) is 0 Å². The molecule has 0 spiro atoms. The molecule has 1 N–H and O–H groups in total. The maximum atomic E-state index is 13.2. The number of carboxylic acid groups (broad SMARTS) is 1. The molecule has 26 heavy (non-hydrogen) atoms. The van der Waals surface area contributed by atoms with Crippen molar-refractivity contribution in [3.8, 4) is 5.75 Å². The van der Waals surface area contributed by atoms with Crippen LogP contribution >= 0.6 is 0 Å². The normalized spacial score (nSPS) is 12.0. The average Bonchev–Trinajstić information content (AvgIpc) is 2.61. The van der Waals surface area contributed by atoms with Gasteiger partial charge >= 0.3 is 5.97 Å². The minimum Gasteiger partial charge on any atom is -0.493 e. The molecule has 0 radical (unpaired) electrons. The van der Waals surface area contributed by atoms with Crippen LogP contribution in [0.4, 0.5) is 0 Å². The van der Waals surface area contributed by atoms with Gasteiger partial charge in [-0.1, -0.05) is 50.2 Å². The first-order chi connectivity index (χ1) is 12.4. The van der Waals surface area contributed by atoms with E-state index in [9.17, 15) is 9.59 Å². The maximum Gasteiger partial charge on any atom is 0.303 e. The van der Waals surface area contributed by atoms with Crippen LogP contribution in [0.15, 0.2) is 48.5 Å². The van der Waals surface area contributed by atoms with Crippen LogP contribution in [0, 0.1) is 12.8 Å². The van der Waals surface area contributed by atoms with E-state index in [4.69, 9.17) is 9.84 Å². The van der Waals surface area contributed by atoms with Gasteiger partial charge in [0.2, 0.25) is 0 Å². The van der Waals surface area contributed by atoms with Gasteiger partial charge in [-0.25, -0.2) is 0 Å². The molecule has 138 valence electrons. The molecule has 0 aliphatic heterocycles. The third kappa shape index (κ3) is 5.45. The zero-order valence-corrected chi connectivity index (χ0v) is 15.6. The van der Waals surface area contributed by atoms with E-state index < -0.39 is 11.9 Å². The summed E-state index contributed by atoms with van der Waals surface area (Å²) >= 11 is 0. The lowest BCUT2D eigenvalue weighted by molar-refractivity contribution is -0.137. The summed E-state index contributed by atoms with van der Waals surface area (Å²) in [6.45, 7) is 6.65. The van der Waals surface area contributed by atoms with Crippen molar-refractivity contribution in [3.05, 3.63) is 65.2 Å². The number of aliphatic carboxylic acids is 1. The lowest BCUT2D eigenvalue weighted by Gasteiger charge is -2.18. The molecule has 0 aliphatic carbocycles. The first kappa shape index (κ1) is 19.7. The highest BCUT2D eigenvalue weighted by atomic mass is 16.5. The SMILES string of the molecule is Cc1ccccc1C(CCC(=O)O)C(=O)c1cccc(OCC(C)C)c1. The molecule has 0 saturated heterocycles. The molecule has 0 heterocycles. The van der Waals surface area contributed by atoms with Gasteiger partial charge in [-0.05, 0) is 42.5 Å². The van der Waals surface area contributed by atoms with Gasteiger partial charge in [-0.2, -0.15) is 0 Å². The van der Waals surface area contributed by atoms with Crippen molar-refractivity contribution >= 4 is 11.8 Å². The van der Waals surface area contributed by atoms with Crippen LogP contribution in [0.5, 0.6) is 5.75 Å². The second-order valence-corrected chi connectivity index (χ2v) is 6.94. The highest BCUT2D eigenvalue weighted by Gasteiger charge is 2.24. The molecule has 0 aliphatic rings. The van der Waals surface area contributed by atoms with Crippen LogP contribution in [0.2, 0.25) is 0 Å². The summed E-state index contributed by atoms with van der Waals surface area (Å²) in [7, 11) is 0. The zero-order valence-electron chi connectivity index (χ0n) is 15.6. The quantitative estimate of drug-likeness (QED) is 0.653. The standard InChI is InChI=1S/C22H26O4/c1-15(2)14-26-18-9-6-8-17(13-18)22(25)20(11-12-21(23)24)19-10-5-4-7-16(19)3/h4-10,13,15,20H,11-12,14H2,1-3H3,(H,23,24). The second kappa shape index (κ2) is 9.18. The Balaban J connectivity index is 2.30. The number of hydrogen-bond acceptors (Lipinski definition) is 3. The summed E-state index contributed by atoms with van der Waals surface area (Å²) < 4.78 is 5.72. The van der Waals surface area contributed by atoms with Crippen molar-refractivity contribution in [1.82, 2.24) is 0 Å². The average molecular weight is 354 g/mol. The van der Waals surface area contributed by atoms with Crippen molar-refractivity contribution in [2.45, 2.75) is 39.5 Å². The van der Waals surface area contributed by atoms with E-state index in [1.165, 1.54) is 0 Å². The molecular weight excluding hydrogens is 328 g/mol. The van der Waals surface area contributed by atoms with Crippen molar-refractivity contribution in [3.63, 3.8) is 0 Å². The molecular formula is C22H26O4. The molecule has 1 atom stereocenters. The van der Waals surface area contributed by atoms with E-state index in [1.807, 2.05) is 37.3 Å². The Morgan fingerprint density at radius 2 is 1.81 bits per heavy atom. The number of carboxylic acids is 1. The van der Waals surface area contributed by atoms with Crippen LogP contribution in [0.3, 0.4) is 0 Å². The fourth-order valence-electron chi connectivity index (χ4n) is 2.88. The number of ether oxygens (including phenoxy) is 1. The third-order valence-electron chi connectivity index (χ3n) is 4.23. The molecule has 0 saturated carbocycles. The molecule has 2 aromatic carbocycles. The predicted octanol–water partition coefficient (Wildman–Crippen LogP) is 4.86. The van der Waals surface area contributed by atoms with Crippen molar-refractivity contribution in [2.24, 2.45) is 5.92 Å². The molecule has 1 unspecified atom stereocenters. The molecule has 0 amide bonds. The topological polar surface area (TPSA) is 63.6 Å². The Bertz CT molecular complexity index is 764.